The van der Waals surface area contributed by atoms with Crippen LogP contribution in [0, 0.1) is 5.92 Å². The van der Waals surface area contributed by atoms with E-state index in [0.29, 0.717) is 18.9 Å². The van der Waals surface area contributed by atoms with E-state index in [0.717, 1.165) is 4.90 Å². The van der Waals surface area contributed by atoms with Gasteiger partial charge in [0.15, 0.2) is 0 Å². The number of ether oxygens (including phenoxy) is 1. The lowest BCUT2D eigenvalue weighted by Gasteiger charge is -2.23. The van der Waals surface area contributed by atoms with Crippen molar-refractivity contribution in [1.29, 1.82) is 0 Å². The quantitative estimate of drug-likeness (QED) is 0.244. The van der Waals surface area contributed by atoms with Crippen molar-refractivity contribution in [2.75, 3.05) is 25.4 Å². The van der Waals surface area contributed by atoms with Crippen molar-refractivity contribution >= 4 is 45.3 Å². The third-order valence-electron chi connectivity index (χ3n) is 3.29. The molecule has 1 N–H and O–H groups in total. The van der Waals surface area contributed by atoms with Crippen molar-refractivity contribution in [3.63, 3.8) is 0 Å². The van der Waals surface area contributed by atoms with Crippen molar-refractivity contribution < 1.29 is 23.9 Å². The van der Waals surface area contributed by atoms with Crippen molar-refractivity contribution in [3.05, 3.63) is 12.2 Å². The number of esters is 1. The number of carbonyl (C=O) groups excluding carboxylic acids is 4. The summed E-state index contributed by atoms with van der Waals surface area (Å²) >= 11 is 0. The molecule has 0 aromatic heterocycles. The van der Waals surface area contributed by atoms with Crippen LogP contribution in [0.15, 0.2) is 12.2 Å². The molecule has 0 bridgehead atoms. The second-order valence-corrected chi connectivity index (χ2v) is 9.81. The fourth-order valence-electron chi connectivity index (χ4n) is 1.82. The van der Waals surface area contributed by atoms with E-state index in [1.54, 1.807) is 35.4 Å². The average Bonchev–Trinajstić information content (AvgIpc) is 2.88. The molecule has 0 saturated heterocycles. The second kappa shape index (κ2) is 10.6. The molecule has 0 radical (unpaired) electrons. The Kier molecular flexibility index (Phi) is 9.21. The van der Waals surface area contributed by atoms with Crippen LogP contribution in [0.2, 0.25) is 0 Å². The minimum Gasteiger partial charge on any atom is -0.464 e. The van der Waals surface area contributed by atoms with Gasteiger partial charge in [-0.1, -0.05) is 35.4 Å². The first-order chi connectivity index (χ1) is 12.1. The molecular formula is C17H26N2O5S2. The number of rotatable bonds is 11. The maximum absolute atomic E-state index is 11.8. The Labute approximate surface area is 162 Å². The summed E-state index contributed by atoms with van der Waals surface area (Å²) in [5, 5.41) is 2.76. The molecule has 0 atom stereocenters. The lowest BCUT2D eigenvalue weighted by atomic mass is 10.2. The van der Waals surface area contributed by atoms with Gasteiger partial charge in [0.1, 0.15) is 6.61 Å². The van der Waals surface area contributed by atoms with Gasteiger partial charge in [-0.2, -0.15) is 0 Å². The SMILES string of the molecule is CC(C)C(=O)OCC(C)(C)SSCCNC(=O)CCN1C(=O)C=CC1=O. The number of nitrogens with zero attached hydrogens (tertiary/aromatic N) is 1. The molecule has 0 fully saturated rings. The fourth-order valence-corrected chi connectivity index (χ4v) is 4.12. The van der Waals surface area contributed by atoms with Crippen LogP contribution in [0.25, 0.3) is 0 Å². The summed E-state index contributed by atoms with van der Waals surface area (Å²) in [7, 11) is 3.19. The molecule has 1 rings (SSSR count). The number of imide groups is 1. The van der Waals surface area contributed by atoms with E-state index < -0.39 is 0 Å². The van der Waals surface area contributed by atoms with Gasteiger partial charge in [0.2, 0.25) is 5.91 Å². The van der Waals surface area contributed by atoms with E-state index in [9.17, 15) is 19.2 Å². The van der Waals surface area contributed by atoms with E-state index in [2.05, 4.69) is 5.32 Å². The number of amides is 3. The van der Waals surface area contributed by atoms with Gasteiger partial charge >= 0.3 is 5.97 Å². The highest BCUT2D eigenvalue weighted by Crippen LogP contribution is 2.35. The second-order valence-electron chi connectivity index (χ2n) is 6.69. The third-order valence-corrected chi connectivity index (χ3v) is 6.55. The molecule has 7 nitrogen and oxygen atoms in total. The molecule has 3 amide bonds. The van der Waals surface area contributed by atoms with Crippen LogP contribution in [0.4, 0.5) is 0 Å². The normalized spacial score (nSPS) is 14.3. The molecule has 0 saturated carbocycles. The van der Waals surface area contributed by atoms with Gasteiger partial charge in [-0.15, -0.1) is 0 Å². The van der Waals surface area contributed by atoms with Crippen LogP contribution in [-0.2, 0) is 23.9 Å². The lowest BCUT2D eigenvalue weighted by Crippen LogP contribution is -2.35. The summed E-state index contributed by atoms with van der Waals surface area (Å²) < 4.78 is 5.03. The highest BCUT2D eigenvalue weighted by Gasteiger charge is 2.24. The zero-order valence-electron chi connectivity index (χ0n) is 15.6. The molecule has 0 unspecified atom stereocenters. The van der Waals surface area contributed by atoms with Crippen LogP contribution in [0.1, 0.15) is 34.1 Å². The fraction of sp³-hybridized carbons (Fsp3) is 0.647. The Balaban J connectivity index is 2.12. The third kappa shape index (κ3) is 8.27. The van der Waals surface area contributed by atoms with Crippen LogP contribution in [-0.4, -0.2) is 58.8 Å². The number of hydrogen-bond acceptors (Lipinski definition) is 7. The first kappa shape index (κ1) is 22.6. The van der Waals surface area contributed by atoms with Crippen molar-refractivity contribution in [1.82, 2.24) is 10.2 Å². The van der Waals surface area contributed by atoms with Gasteiger partial charge in [0.25, 0.3) is 11.8 Å². The Morgan fingerprint density at radius 3 is 2.42 bits per heavy atom. The van der Waals surface area contributed by atoms with E-state index in [1.165, 1.54) is 12.2 Å². The maximum Gasteiger partial charge on any atom is 0.308 e. The van der Waals surface area contributed by atoms with Gasteiger partial charge in [-0.25, -0.2) is 0 Å². The van der Waals surface area contributed by atoms with Crippen LogP contribution < -0.4 is 5.32 Å². The van der Waals surface area contributed by atoms with Gasteiger partial charge in [0, 0.05) is 37.4 Å². The Morgan fingerprint density at radius 1 is 1.23 bits per heavy atom. The highest BCUT2D eigenvalue weighted by molar-refractivity contribution is 8.77. The highest BCUT2D eigenvalue weighted by atomic mass is 33.1. The predicted molar refractivity (Wildman–Crippen MR) is 103 cm³/mol. The Hall–Kier alpha value is -1.48. The standard InChI is InChI=1S/C17H26N2O5S2/c1-12(2)16(23)24-11-17(3,4)26-25-10-8-18-13(20)7-9-19-14(21)5-6-15(19)22/h5-6,12H,7-11H2,1-4H3,(H,18,20). The van der Waals surface area contributed by atoms with Crippen molar-refractivity contribution in [2.45, 2.75) is 38.9 Å². The molecule has 9 heteroatoms. The molecule has 0 aromatic rings. The van der Waals surface area contributed by atoms with E-state index in [1.807, 2.05) is 13.8 Å². The first-order valence-electron chi connectivity index (χ1n) is 8.40. The maximum atomic E-state index is 11.8. The summed E-state index contributed by atoms with van der Waals surface area (Å²) in [6, 6.07) is 0. The molecule has 1 aliphatic rings. The lowest BCUT2D eigenvalue weighted by molar-refractivity contribution is -0.148. The summed E-state index contributed by atoms with van der Waals surface area (Å²) in [4.78, 5) is 47.1. The van der Waals surface area contributed by atoms with Gasteiger partial charge in [-0.05, 0) is 13.8 Å². The molecule has 0 spiro atoms. The predicted octanol–water partition coefficient (Wildman–Crippen LogP) is 1.78. The van der Waals surface area contributed by atoms with Crippen molar-refractivity contribution in [3.8, 4) is 0 Å². The zero-order chi connectivity index (χ0) is 19.7. The van der Waals surface area contributed by atoms with Crippen LogP contribution in [0.3, 0.4) is 0 Å². The summed E-state index contributed by atoms with van der Waals surface area (Å²) in [5.74, 6) is -0.610. The zero-order valence-corrected chi connectivity index (χ0v) is 17.2. The number of carbonyl (C=O) groups is 4. The topological polar surface area (TPSA) is 92.8 Å². The molecule has 0 aromatic carbocycles. The Bertz CT molecular complexity index is 558. The van der Waals surface area contributed by atoms with Crippen molar-refractivity contribution in [2.24, 2.45) is 5.92 Å². The summed E-state index contributed by atoms with van der Waals surface area (Å²) in [5.41, 5.74) is 0. The van der Waals surface area contributed by atoms with E-state index in [4.69, 9.17) is 4.74 Å². The van der Waals surface area contributed by atoms with Gasteiger partial charge in [-0.3, -0.25) is 24.1 Å². The van der Waals surface area contributed by atoms with Gasteiger partial charge < -0.3 is 10.1 Å². The minimum atomic E-state index is -0.379. The molecule has 1 heterocycles. The molecule has 0 aliphatic carbocycles. The minimum absolute atomic E-state index is 0.0899. The molecule has 146 valence electrons. The summed E-state index contributed by atoms with van der Waals surface area (Å²) in [6.45, 7) is 8.49. The van der Waals surface area contributed by atoms with E-state index in [-0.39, 0.29) is 47.3 Å². The number of nitrogens with one attached hydrogen (secondary N) is 1. The number of hydrogen-bond donors (Lipinski definition) is 1. The smallest absolute Gasteiger partial charge is 0.308 e. The van der Waals surface area contributed by atoms with Gasteiger partial charge in [0.05, 0.1) is 10.7 Å². The largest absolute Gasteiger partial charge is 0.464 e. The summed E-state index contributed by atoms with van der Waals surface area (Å²) in [6.07, 6.45) is 2.50. The average molecular weight is 403 g/mol. The first-order valence-corrected chi connectivity index (χ1v) is 10.7. The monoisotopic (exact) mass is 402 g/mol. The molecule has 26 heavy (non-hydrogen) atoms. The molecular weight excluding hydrogens is 376 g/mol. The van der Waals surface area contributed by atoms with E-state index >= 15 is 0 Å². The molecule has 1 aliphatic heterocycles. The van der Waals surface area contributed by atoms with Crippen LogP contribution >= 0.6 is 21.6 Å². The Morgan fingerprint density at radius 2 is 1.85 bits per heavy atom. The van der Waals surface area contributed by atoms with Crippen LogP contribution in [0.5, 0.6) is 0 Å².